The van der Waals surface area contributed by atoms with Crippen molar-refractivity contribution in [2.45, 2.75) is 19.9 Å². The van der Waals surface area contributed by atoms with Crippen LogP contribution in [-0.4, -0.2) is 4.57 Å². The molecule has 0 bridgehead atoms. The Balaban J connectivity index is 2.32. The fourth-order valence-electron chi connectivity index (χ4n) is 2.35. The zero-order valence-corrected chi connectivity index (χ0v) is 8.33. The maximum atomic E-state index is 2.36. The molecule has 0 saturated heterocycles. The van der Waals surface area contributed by atoms with Crippen LogP contribution >= 0.6 is 0 Å². The number of aromatic nitrogens is 1. The van der Waals surface area contributed by atoms with Gasteiger partial charge in [0.05, 0.1) is 5.69 Å². The van der Waals surface area contributed by atoms with E-state index in [-0.39, 0.29) is 0 Å². The molecule has 0 spiro atoms. The van der Waals surface area contributed by atoms with Crippen molar-refractivity contribution in [3.05, 3.63) is 47.7 Å². The van der Waals surface area contributed by atoms with Crippen LogP contribution in [0.3, 0.4) is 0 Å². The van der Waals surface area contributed by atoms with Crippen LogP contribution in [0.5, 0.6) is 0 Å². The summed E-state index contributed by atoms with van der Waals surface area (Å²) in [5, 5.41) is 0. The standard InChI is InChI=1S/C13H13N/c1-10-6-8-14-9-7-11-4-2-3-5-12(11)13(10)14/h2-6,8H,7,9H2,1H3. The van der Waals surface area contributed by atoms with Gasteiger partial charge in [-0.1, -0.05) is 24.3 Å². The SMILES string of the molecule is Cc1ccn2c1-c1ccccc1CC2. The van der Waals surface area contributed by atoms with Crippen LogP contribution in [0.2, 0.25) is 0 Å². The fourth-order valence-corrected chi connectivity index (χ4v) is 2.35. The van der Waals surface area contributed by atoms with E-state index in [0.29, 0.717) is 0 Å². The summed E-state index contributed by atoms with van der Waals surface area (Å²) in [4.78, 5) is 0. The van der Waals surface area contributed by atoms with Crippen molar-refractivity contribution in [3.8, 4) is 11.3 Å². The second kappa shape index (κ2) is 2.74. The van der Waals surface area contributed by atoms with Gasteiger partial charge in [0.25, 0.3) is 0 Å². The summed E-state index contributed by atoms with van der Waals surface area (Å²) in [6.07, 6.45) is 3.36. The summed E-state index contributed by atoms with van der Waals surface area (Å²) in [6.45, 7) is 3.31. The summed E-state index contributed by atoms with van der Waals surface area (Å²) < 4.78 is 2.36. The minimum atomic E-state index is 1.13. The molecule has 70 valence electrons. The molecule has 0 saturated carbocycles. The van der Waals surface area contributed by atoms with E-state index in [2.05, 4.69) is 48.0 Å². The lowest BCUT2D eigenvalue weighted by molar-refractivity contribution is 0.688. The van der Waals surface area contributed by atoms with Crippen molar-refractivity contribution >= 4 is 0 Å². The van der Waals surface area contributed by atoms with Gasteiger partial charge in [-0.05, 0) is 30.5 Å². The Labute approximate surface area is 84.0 Å². The average molecular weight is 183 g/mol. The molecule has 14 heavy (non-hydrogen) atoms. The fraction of sp³-hybridized carbons (Fsp3) is 0.231. The van der Waals surface area contributed by atoms with Gasteiger partial charge in [-0.3, -0.25) is 0 Å². The van der Waals surface area contributed by atoms with Crippen LogP contribution in [0.15, 0.2) is 36.5 Å². The maximum absolute atomic E-state index is 2.36. The molecule has 1 nitrogen and oxygen atoms in total. The predicted octanol–water partition coefficient (Wildman–Crippen LogP) is 3.02. The van der Waals surface area contributed by atoms with Crippen LogP contribution < -0.4 is 0 Å². The molecule has 0 aliphatic carbocycles. The third kappa shape index (κ3) is 0.955. The van der Waals surface area contributed by atoms with Crippen molar-refractivity contribution in [3.63, 3.8) is 0 Å². The van der Waals surface area contributed by atoms with E-state index in [0.717, 1.165) is 13.0 Å². The summed E-state index contributed by atoms with van der Waals surface area (Å²) in [5.41, 5.74) is 5.70. The molecule has 0 amide bonds. The van der Waals surface area contributed by atoms with E-state index >= 15 is 0 Å². The number of fused-ring (bicyclic) bond motifs is 3. The van der Waals surface area contributed by atoms with Crippen molar-refractivity contribution in [2.24, 2.45) is 0 Å². The molecule has 2 heterocycles. The van der Waals surface area contributed by atoms with E-state index in [4.69, 9.17) is 0 Å². The predicted molar refractivity (Wildman–Crippen MR) is 58.3 cm³/mol. The Hall–Kier alpha value is -1.50. The molecule has 0 atom stereocenters. The molecule has 1 aliphatic heterocycles. The van der Waals surface area contributed by atoms with E-state index in [1.165, 1.54) is 22.4 Å². The van der Waals surface area contributed by atoms with Crippen molar-refractivity contribution in [1.29, 1.82) is 0 Å². The highest BCUT2D eigenvalue weighted by Crippen LogP contribution is 2.31. The second-order valence-electron chi connectivity index (χ2n) is 3.95. The summed E-state index contributed by atoms with van der Waals surface area (Å²) in [7, 11) is 0. The Morgan fingerprint density at radius 2 is 2.00 bits per heavy atom. The number of hydrogen-bond acceptors (Lipinski definition) is 0. The molecule has 2 aromatic rings. The second-order valence-corrected chi connectivity index (χ2v) is 3.95. The minimum Gasteiger partial charge on any atom is -0.347 e. The highest BCUT2D eigenvalue weighted by Gasteiger charge is 2.16. The topological polar surface area (TPSA) is 4.93 Å². The lowest BCUT2D eigenvalue weighted by Crippen LogP contribution is -2.09. The molecular formula is C13H13N. The van der Waals surface area contributed by atoms with Gasteiger partial charge in [0.2, 0.25) is 0 Å². The molecule has 1 heteroatoms. The number of hydrogen-bond donors (Lipinski definition) is 0. The molecule has 1 aliphatic rings. The first-order valence-corrected chi connectivity index (χ1v) is 5.10. The average Bonchev–Trinajstić information content (AvgIpc) is 2.61. The lowest BCUT2D eigenvalue weighted by Gasteiger charge is -2.19. The largest absolute Gasteiger partial charge is 0.347 e. The van der Waals surface area contributed by atoms with Gasteiger partial charge in [0.15, 0.2) is 0 Å². The van der Waals surface area contributed by atoms with Gasteiger partial charge in [-0.15, -0.1) is 0 Å². The molecule has 0 fully saturated rings. The molecular weight excluding hydrogens is 170 g/mol. The molecule has 1 aromatic carbocycles. The van der Waals surface area contributed by atoms with Gasteiger partial charge in [0, 0.05) is 18.3 Å². The first-order valence-electron chi connectivity index (χ1n) is 5.10. The van der Waals surface area contributed by atoms with Gasteiger partial charge in [0.1, 0.15) is 0 Å². The lowest BCUT2D eigenvalue weighted by atomic mass is 9.97. The monoisotopic (exact) mass is 183 g/mol. The third-order valence-corrected chi connectivity index (χ3v) is 3.06. The maximum Gasteiger partial charge on any atom is 0.0512 e. The summed E-state index contributed by atoms with van der Waals surface area (Å²) >= 11 is 0. The van der Waals surface area contributed by atoms with E-state index in [1.807, 2.05) is 0 Å². The number of benzene rings is 1. The van der Waals surface area contributed by atoms with E-state index in [9.17, 15) is 0 Å². The Morgan fingerprint density at radius 1 is 1.14 bits per heavy atom. The minimum absolute atomic E-state index is 1.13. The van der Waals surface area contributed by atoms with Gasteiger partial charge >= 0.3 is 0 Å². The highest BCUT2D eigenvalue weighted by atomic mass is 15.0. The molecule has 1 aromatic heterocycles. The van der Waals surface area contributed by atoms with Crippen LogP contribution in [0.25, 0.3) is 11.3 Å². The smallest absolute Gasteiger partial charge is 0.0512 e. The Kier molecular flexibility index (Phi) is 1.54. The number of aryl methyl sites for hydroxylation is 3. The Bertz CT molecular complexity index is 480. The summed E-state index contributed by atoms with van der Waals surface area (Å²) in [5.74, 6) is 0. The number of nitrogens with zero attached hydrogens (tertiary/aromatic N) is 1. The van der Waals surface area contributed by atoms with E-state index < -0.39 is 0 Å². The van der Waals surface area contributed by atoms with Crippen molar-refractivity contribution < 1.29 is 0 Å². The Morgan fingerprint density at radius 3 is 2.93 bits per heavy atom. The molecule has 0 unspecified atom stereocenters. The van der Waals surface area contributed by atoms with Gasteiger partial charge in [-0.2, -0.15) is 0 Å². The van der Waals surface area contributed by atoms with Gasteiger partial charge < -0.3 is 4.57 Å². The van der Waals surface area contributed by atoms with Crippen LogP contribution in [0.4, 0.5) is 0 Å². The van der Waals surface area contributed by atoms with Gasteiger partial charge in [-0.25, -0.2) is 0 Å². The number of rotatable bonds is 0. The third-order valence-electron chi connectivity index (χ3n) is 3.06. The van der Waals surface area contributed by atoms with Crippen molar-refractivity contribution in [1.82, 2.24) is 4.57 Å². The molecule has 3 rings (SSSR count). The van der Waals surface area contributed by atoms with E-state index in [1.54, 1.807) is 0 Å². The normalized spacial score (nSPS) is 13.5. The van der Waals surface area contributed by atoms with Crippen molar-refractivity contribution in [2.75, 3.05) is 0 Å². The molecule has 0 radical (unpaired) electrons. The van der Waals surface area contributed by atoms with Crippen LogP contribution in [0, 0.1) is 6.92 Å². The van der Waals surface area contributed by atoms with Crippen LogP contribution in [-0.2, 0) is 13.0 Å². The zero-order chi connectivity index (χ0) is 9.54. The molecule has 0 N–H and O–H groups in total. The summed E-state index contributed by atoms with van der Waals surface area (Å²) in [6, 6.07) is 10.9. The first-order chi connectivity index (χ1) is 6.86. The first kappa shape index (κ1) is 7.86. The van der Waals surface area contributed by atoms with Crippen LogP contribution in [0.1, 0.15) is 11.1 Å². The zero-order valence-electron chi connectivity index (χ0n) is 8.33. The quantitative estimate of drug-likeness (QED) is 0.591. The highest BCUT2D eigenvalue weighted by molar-refractivity contribution is 5.69.